The molecule has 1 aliphatic heterocycles. The molecule has 1 aliphatic rings. The van der Waals surface area contributed by atoms with Crippen molar-refractivity contribution < 1.29 is 9.59 Å². The molecule has 2 rings (SSSR count). The zero-order chi connectivity index (χ0) is 17.5. The third-order valence-corrected chi connectivity index (χ3v) is 4.83. The van der Waals surface area contributed by atoms with Gasteiger partial charge >= 0.3 is 0 Å². The first-order chi connectivity index (χ1) is 11.6. The minimum absolute atomic E-state index is 0.0725. The molecule has 0 saturated carbocycles. The molecule has 1 aromatic carbocycles. The maximum atomic E-state index is 12.6. The van der Waals surface area contributed by atoms with Gasteiger partial charge in [-0.15, -0.1) is 0 Å². The standard InChI is InChI=1S/C19H29N3O2/c1-4-20(5-2)11-10-18(23)21-12-14-22(15-13-21)19(24)17-9-7-6-8-16(17)3/h6-9H,4-5,10-15H2,1-3H3. The minimum Gasteiger partial charge on any atom is -0.339 e. The highest BCUT2D eigenvalue weighted by molar-refractivity contribution is 5.95. The Balaban J connectivity index is 1.84. The molecule has 2 amide bonds. The van der Waals surface area contributed by atoms with Gasteiger partial charge in [-0.05, 0) is 31.6 Å². The summed E-state index contributed by atoms with van der Waals surface area (Å²) in [7, 11) is 0. The van der Waals surface area contributed by atoms with E-state index in [2.05, 4.69) is 18.7 Å². The molecule has 0 unspecified atom stereocenters. The fourth-order valence-corrected chi connectivity index (χ4v) is 3.09. The zero-order valence-electron chi connectivity index (χ0n) is 15.1. The molecule has 0 atom stereocenters. The van der Waals surface area contributed by atoms with Crippen molar-refractivity contribution in [2.45, 2.75) is 27.2 Å². The molecule has 0 spiro atoms. The molecular formula is C19H29N3O2. The number of rotatable bonds is 6. The van der Waals surface area contributed by atoms with Crippen LogP contribution in [0.2, 0.25) is 0 Å². The van der Waals surface area contributed by atoms with Gasteiger partial charge in [-0.1, -0.05) is 32.0 Å². The normalized spacial score (nSPS) is 15.0. The van der Waals surface area contributed by atoms with E-state index < -0.39 is 0 Å². The fourth-order valence-electron chi connectivity index (χ4n) is 3.09. The van der Waals surface area contributed by atoms with Crippen molar-refractivity contribution >= 4 is 11.8 Å². The number of carbonyl (C=O) groups excluding carboxylic acids is 2. The number of hydrogen-bond acceptors (Lipinski definition) is 3. The summed E-state index contributed by atoms with van der Waals surface area (Å²) >= 11 is 0. The van der Waals surface area contributed by atoms with Crippen molar-refractivity contribution in [1.82, 2.24) is 14.7 Å². The molecule has 1 fully saturated rings. The summed E-state index contributed by atoms with van der Waals surface area (Å²) in [5.41, 5.74) is 1.76. The van der Waals surface area contributed by atoms with Crippen LogP contribution in [-0.2, 0) is 4.79 Å². The van der Waals surface area contributed by atoms with E-state index in [1.54, 1.807) is 0 Å². The summed E-state index contributed by atoms with van der Waals surface area (Å²) in [4.78, 5) is 30.9. The topological polar surface area (TPSA) is 43.9 Å². The van der Waals surface area contributed by atoms with E-state index >= 15 is 0 Å². The zero-order valence-corrected chi connectivity index (χ0v) is 15.1. The summed E-state index contributed by atoms with van der Waals surface area (Å²) in [6, 6.07) is 7.67. The second-order valence-electron chi connectivity index (χ2n) is 6.26. The molecule has 1 saturated heterocycles. The summed E-state index contributed by atoms with van der Waals surface area (Å²) in [6.45, 7) is 11.4. The van der Waals surface area contributed by atoms with Gasteiger partial charge in [0.05, 0.1) is 0 Å². The molecule has 132 valence electrons. The molecule has 0 N–H and O–H groups in total. The lowest BCUT2D eigenvalue weighted by atomic mass is 10.1. The van der Waals surface area contributed by atoms with E-state index in [0.717, 1.165) is 30.8 Å². The largest absolute Gasteiger partial charge is 0.339 e. The SMILES string of the molecule is CCN(CC)CCC(=O)N1CCN(C(=O)c2ccccc2C)CC1. The van der Waals surface area contributed by atoms with Gasteiger partial charge in [-0.3, -0.25) is 9.59 Å². The van der Waals surface area contributed by atoms with E-state index in [4.69, 9.17) is 0 Å². The first-order valence-electron chi connectivity index (χ1n) is 8.91. The van der Waals surface area contributed by atoms with Crippen molar-refractivity contribution in [2.24, 2.45) is 0 Å². The number of piperazine rings is 1. The lowest BCUT2D eigenvalue weighted by Crippen LogP contribution is -2.51. The van der Waals surface area contributed by atoms with E-state index in [0.29, 0.717) is 32.6 Å². The highest BCUT2D eigenvalue weighted by atomic mass is 16.2. The Morgan fingerprint density at radius 3 is 2.17 bits per heavy atom. The molecule has 5 nitrogen and oxygen atoms in total. The number of nitrogens with zero attached hydrogens (tertiary/aromatic N) is 3. The lowest BCUT2D eigenvalue weighted by molar-refractivity contribution is -0.133. The first kappa shape index (κ1) is 18.5. The average Bonchev–Trinajstić information content (AvgIpc) is 2.62. The van der Waals surface area contributed by atoms with Gasteiger partial charge in [0.1, 0.15) is 0 Å². The monoisotopic (exact) mass is 331 g/mol. The van der Waals surface area contributed by atoms with Gasteiger partial charge in [-0.2, -0.15) is 0 Å². The molecule has 1 heterocycles. The number of benzene rings is 1. The second kappa shape index (κ2) is 8.83. The summed E-state index contributed by atoms with van der Waals surface area (Å²) in [5.74, 6) is 0.272. The number of aryl methyl sites for hydroxylation is 1. The van der Waals surface area contributed by atoms with Crippen molar-refractivity contribution in [2.75, 3.05) is 45.8 Å². The van der Waals surface area contributed by atoms with Gasteiger partial charge < -0.3 is 14.7 Å². The molecular weight excluding hydrogens is 302 g/mol. The molecule has 0 aliphatic carbocycles. The molecule has 5 heteroatoms. The molecule has 0 bridgehead atoms. The van der Waals surface area contributed by atoms with Gasteiger partial charge in [-0.25, -0.2) is 0 Å². The van der Waals surface area contributed by atoms with Crippen molar-refractivity contribution in [3.05, 3.63) is 35.4 Å². The van der Waals surface area contributed by atoms with Crippen LogP contribution in [0.15, 0.2) is 24.3 Å². The number of amides is 2. The summed E-state index contributed by atoms with van der Waals surface area (Å²) < 4.78 is 0. The van der Waals surface area contributed by atoms with E-state index in [-0.39, 0.29) is 11.8 Å². The van der Waals surface area contributed by atoms with Crippen LogP contribution in [0, 0.1) is 6.92 Å². The summed E-state index contributed by atoms with van der Waals surface area (Å²) in [6.07, 6.45) is 0.563. The van der Waals surface area contributed by atoms with E-state index in [9.17, 15) is 9.59 Å². The maximum Gasteiger partial charge on any atom is 0.254 e. The smallest absolute Gasteiger partial charge is 0.254 e. The van der Waals surface area contributed by atoms with Gasteiger partial charge in [0, 0.05) is 44.7 Å². The minimum atomic E-state index is 0.0725. The quantitative estimate of drug-likeness (QED) is 0.801. The van der Waals surface area contributed by atoms with Crippen LogP contribution in [0.1, 0.15) is 36.2 Å². The Morgan fingerprint density at radius 2 is 1.58 bits per heavy atom. The van der Waals surface area contributed by atoms with Crippen LogP contribution in [-0.4, -0.2) is 72.3 Å². The predicted octanol–water partition coefficient (Wildman–Crippen LogP) is 2.01. The van der Waals surface area contributed by atoms with Crippen LogP contribution in [0.25, 0.3) is 0 Å². The summed E-state index contributed by atoms with van der Waals surface area (Å²) in [5, 5.41) is 0. The third kappa shape index (κ3) is 4.57. The molecule has 24 heavy (non-hydrogen) atoms. The number of carbonyl (C=O) groups is 2. The highest BCUT2D eigenvalue weighted by Crippen LogP contribution is 2.13. The van der Waals surface area contributed by atoms with Crippen LogP contribution < -0.4 is 0 Å². The first-order valence-corrected chi connectivity index (χ1v) is 8.91. The predicted molar refractivity (Wildman–Crippen MR) is 96.1 cm³/mol. The third-order valence-electron chi connectivity index (χ3n) is 4.83. The average molecular weight is 331 g/mol. The van der Waals surface area contributed by atoms with Crippen molar-refractivity contribution in [1.29, 1.82) is 0 Å². The molecule has 0 radical (unpaired) electrons. The van der Waals surface area contributed by atoms with Crippen LogP contribution >= 0.6 is 0 Å². The fraction of sp³-hybridized carbons (Fsp3) is 0.579. The Labute approximate surface area is 145 Å². The Hall–Kier alpha value is -1.88. The maximum absolute atomic E-state index is 12.6. The molecule has 1 aromatic rings. The van der Waals surface area contributed by atoms with Gasteiger partial charge in [0.2, 0.25) is 5.91 Å². The highest BCUT2D eigenvalue weighted by Gasteiger charge is 2.25. The lowest BCUT2D eigenvalue weighted by Gasteiger charge is -2.35. The van der Waals surface area contributed by atoms with Crippen molar-refractivity contribution in [3.8, 4) is 0 Å². The van der Waals surface area contributed by atoms with Crippen LogP contribution in [0.4, 0.5) is 0 Å². The van der Waals surface area contributed by atoms with Crippen molar-refractivity contribution in [3.63, 3.8) is 0 Å². The second-order valence-corrected chi connectivity index (χ2v) is 6.26. The molecule has 0 aromatic heterocycles. The van der Waals surface area contributed by atoms with Gasteiger partial charge in [0.15, 0.2) is 0 Å². The van der Waals surface area contributed by atoms with Crippen LogP contribution in [0.5, 0.6) is 0 Å². The van der Waals surface area contributed by atoms with E-state index in [1.807, 2.05) is 41.0 Å². The van der Waals surface area contributed by atoms with E-state index in [1.165, 1.54) is 0 Å². The Bertz CT molecular complexity index is 561. The Morgan fingerprint density at radius 1 is 1.00 bits per heavy atom. The number of hydrogen-bond donors (Lipinski definition) is 0. The van der Waals surface area contributed by atoms with Crippen LogP contribution in [0.3, 0.4) is 0 Å². The van der Waals surface area contributed by atoms with Gasteiger partial charge in [0.25, 0.3) is 5.91 Å². The Kier molecular flexibility index (Phi) is 6.79.